The van der Waals surface area contributed by atoms with Crippen LogP contribution >= 0.6 is 0 Å². The third kappa shape index (κ3) is 6.43. The van der Waals surface area contributed by atoms with Crippen LogP contribution in [0.15, 0.2) is 41.3 Å². The first kappa shape index (κ1) is 34.2. The molecule has 2 aromatic carbocycles. The molecule has 0 aromatic heterocycles. The maximum atomic E-state index is 13.0. The van der Waals surface area contributed by atoms with Gasteiger partial charge in [-0.15, -0.1) is 0 Å². The van der Waals surface area contributed by atoms with E-state index in [1.807, 2.05) is 37.2 Å². The van der Waals surface area contributed by atoms with Crippen molar-refractivity contribution >= 4 is 38.3 Å². The van der Waals surface area contributed by atoms with E-state index in [1.165, 1.54) is 51.0 Å². The highest BCUT2D eigenvalue weighted by Crippen LogP contribution is 2.68. The molecule has 4 fully saturated rings. The summed E-state index contributed by atoms with van der Waals surface area (Å²) in [5, 5.41) is 14.7. The standard InChI is InChI=1S/C38H55N3O5S/c1-24(31-14-15-32-30-12-10-26-22-27(42)17-19-37(26,2)33(30)18-20-38(31,32)3)9-16-35(43)39-23-36(44)40-47(45,46)28-11-13-29-25(21-28)7-6-8-34(29)41(4)5/h6-8,11,13,21,24,26-27,30-33,42H,9-10,12,14-20,22-23H2,1-5H3,(H,39,43)(H,40,44)/t24-,26?,27-,30?,31?,32?,33?,37+,38-/m1/s1. The Kier molecular flexibility index (Phi) is 9.46. The van der Waals surface area contributed by atoms with Crippen LogP contribution in [0.1, 0.15) is 91.4 Å². The van der Waals surface area contributed by atoms with Crippen molar-refractivity contribution in [3.8, 4) is 0 Å². The van der Waals surface area contributed by atoms with Crippen molar-refractivity contribution in [1.29, 1.82) is 0 Å². The molecular weight excluding hydrogens is 611 g/mol. The van der Waals surface area contributed by atoms with Crippen LogP contribution in [0.2, 0.25) is 0 Å². The van der Waals surface area contributed by atoms with Gasteiger partial charge >= 0.3 is 0 Å². The number of aliphatic hydroxyl groups is 1. The molecule has 47 heavy (non-hydrogen) atoms. The molecule has 258 valence electrons. The molecular formula is C38H55N3O5S. The normalized spacial score (nSPS) is 34.1. The number of benzene rings is 2. The smallest absolute Gasteiger partial charge is 0.264 e. The highest BCUT2D eigenvalue weighted by molar-refractivity contribution is 7.90. The second-order valence-electron chi connectivity index (χ2n) is 16.2. The van der Waals surface area contributed by atoms with Gasteiger partial charge in [0.2, 0.25) is 5.91 Å². The van der Waals surface area contributed by atoms with Crippen LogP contribution in [-0.4, -0.2) is 52.1 Å². The molecule has 9 heteroatoms. The highest BCUT2D eigenvalue weighted by Gasteiger charge is 2.60. The van der Waals surface area contributed by atoms with Crippen LogP contribution in [0.25, 0.3) is 10.8 Å². The Bertz CT molecular complexity index is 1610. The van der Waals surface area contributed by atoms with E-state index in [9.17, 15) is 23.1 Å². The number of anilines is 1. The van der Waals surface area contributed by atoms with Crippen LogP contribution in [0, 0.1) is 46.3 Å². The average molecular weight is 666 g/mol. The zero-order chi connectivity index (χ0) is 33.7. The molecule has 3 N–H and O–H groups in total. The van der Waals surface area contributed by atoms with Crippen molar-refractivity contribution in [3.63, 3.8) is 0 Å². The van der Waals surface area contributed by atoms with Crippen molar-refractivity contribution in [2.24, 2.45) is 46.3 Å². The molecule has 0 radical (unpaired) electrons. The van der Waals surface area contributed by atoms with E-state index in [-0.39, 0.29) is 23.5 Å². The lowest BCUT2D eigenvalue weighted by atomic mass is 9.44. The quantitative estimate of drug-likeness (QED) is 0.291. The number of amides is 2. The highest BCUT2D eigenvalue weighted by atomic mass is 32.2. The molecule has 9 atom stereocenters. The summed E-state index contributed by atoms with van der Waals surface area (Å²) in [7, 11) is -0.225. The summed E-state index contributed by atoms with van der Waals surface area (Å²) >= 11 is 0. The molecule has 0 bridgehead atoms. The van der Waals surface area contributed by atoms with E-state index >= 15 is 0 Å². The SMILES string of the molecule is C[C@H](CCC(=O)NCC(=O)NS(=O)(=O)c1ccc2c(N(C)C)cccc2c1)C1CCC2C3CCC4C[C@H](O)CC[C@]4(C)C3CC[C@@]21C. The zero-order valence-corrected chi connectivity index (χ0v) is 29.7. The van der Waals surface area contributed by atoms with Crippen molar-refractivity contribution < 1.29 is 23.1 Å². The molecule has 0 saturated heterocycles. The number of hydrogen-bond donors (Lipinski definition) is 3. The topological polar surface area (TPSA) is 116 Å². The Balaban J connectivity index is 0.993. The summed E-state index contributed by atoms with van der Waals surface area (Å²) in [6.45, 7) is 6.98. The minimum atomic E-state index is -4.08. The number of rotatable bonds is 9. The van der Waals surface area contributed by atoms with Gasteiger partial charge in [-0.2, -0.15) is 0 Å². The Hall–Kier alpha value is -2.65. The van der Waals surface area contributed by atoms with Crippen molar-refractivity contribution in [2.75, 3.05) is 25.5 Å². The third-order valence-corrected chi connectivity index (χ3v) is 14.9. The summed E-state index contributed by atoms with van der Waals surface area (Å²) < 4.78 is 28.1. The second kappa shape index (κ2) is 13.0. The van der Waals surface area contributed by atoms with E-state index in [1.54, 1.807) is 12.1 Å². The van der Waals surface area contributed by atoms with Gasteiger partial charge < -0.3 is 15.3 Å². The predicted molar refractivity (Wildman–Crippen MR) is 186 cm³/mol. The number of carbonyl (C=O) groups is 2. The van der Waals surface area contributed by atoms with Gasteiger partial charge in [0, 0.05) is 31.6 Å². The van der Waals surface area contributed by atoms with Gasteiger partial charge in [0.25, 0.3) is 15.9 Å². The summed E-state index contributed by atoms with van der Waals surface area (Å²) in [6.07, 6.45) is 11.7. The Labute approximate surface area is 281 Å². The second-order valence-corrected chi connectivity index (χ2v) is 17.9. The molecule has 4 saturated carbocycles. The van der Waals surface area contributed by atoms with Crippen molar-refractivity contribution in [2.45, 2.75) is 102 Å². The Morgan fingerprint density at radius 3 is 2.47 bits per heavy atom. The lowest BCUT2D eigenvalue weighted by molar-refractivity contribution is -0.130. The number of hydrogen-bond acceptors (Lipinski definition) is 6. The molecule has 2 aromatic rings. The first-order valence-corrected chi connectivity index (χ1v) is 19.4. The molecule has 0 heterocycles. The van der Waals surface area contributed by atoms with E-state index in [0.29, 0.717) is 35.0 Å². The van der Waals surface area contributed by atoms with E-state index in [2.05, 4.69) is 30.8 Å². The minimum Gasteiger partial charge on any atom is -0.393 e. The summed E-state index contributed by atoms with van der Waals surface area (Å²) in [5.74, 6) is 2.99. The number of nitrogens with one attached hydrogen (secondary N) is 2. The van der Waals surface area contributed by atoms with E-state index < -0.39 is 15.9 Å². The van der Waals surface area contributed by atoms with Crippen molar-refractivity contribution in [1.82, 2.24) is 10.0 Å². The third-order valence-electron chi connectivity index (χ3n) is 13.5. The maximum absolute atomic E-state index is 13.0. The fourth-order valence-electron chi connectivity index (χ4n) is 11.1. The van der Waals surface area contributed by atoms with Gasteiger partial charge in [0.05, 0.1) is 17.5 Å². The van der Waals surface area contributed by atoms with Crippen LogP contribution in [0.5, 0.6) is 0 Å². The minimum absolute atomic E-state index is 0.00601. The van der Waals surface area contributed by atoms with Crippen LogP contribution in [-0.2, 0) is 19.6 Å². The van der Waals surface area contributed by atoms with Crippen LogP contribution in [0.4, 0.5) is 5.69 Å². The first-order chi connectivity index (χ1) is 22.2. The lowest BCUT2D eigenvalue weighted by Gasteiger charge is -2.61. The van der Waals surface area contributed by atoms with Gasteiger partial charge in [-0.3, -0.25) is 9.59 Å². The largest absolute Gasteiger partial charge is 0.393 e. The van der Waals surface area contributed by atoms with E-state index in [0.717, 1.165) is 53.5 Å². The fraction of sp³-hybridized carbons (Fsp3) is 0.684. The molecule has 4 aliphatic carbocycles. The number of carbonyl (C=O) groups excluding carboxylic acids is 2. The van der Waals surface area contributed by atoms with Crippen LogP contribution in [0.3, 0.4) is 0 Å². The summed E-state index contributed by atoms with van der Waals surface area (Å²) in [5.41, 5.74) is 1.65. The average Bonchev–Trinajstić information content (AvgIpc) is 3.39. The lowest BCUT2D eigenvalue weighted by Crippen LogP contribution is -2.54. The predicted octanol–water partition coefficient (Wildman–Crippen LogP) is 6.26. The number of aliphatic hydroxyl groups excluding tert-OH is 1. The molecule has 0 spiro atoms. The molecule has 6 rings (SSSR count). The van der Waals surface area contributed by atoms with Gasteiger partial charge in [0.1, 0.15) is 0 Å². The van der Waals surface area contributed by atoms with E-state index in [4.69, 9.17) is 0 Å². The van der Waals surface area contributed by atoms with Crippen LogP contribution < -0.4 is 14.9 Å². The molecule has 5 unspecified atom stereocenters. The van der Waals surface area contributed by atoms with Gasteiger partial charge in [-0.1, -0.05) is 39.0 Å². The number of sulfonamides is 1. The monoisotopic (exact) mass is 665 g/mol. The number of fused-ring (bicyclic) bond motifs is 6. The number of nitrogens with zero attached hydrogens (tertiary/aromatic N) is 1. The molecule has 2 amide bonds. The van der Waals surface area contributed by atoms with Gasteiger partial charge in [-0.05, 0) is 134 Å². The Morgan fingerprint density at radius 2 is 1.70 bits per heavy atom. The first-order valence-electron chi connectivity index (χ1n) is 17.9. The van der Waals surface area contributed by atoms with Gasteiger partial charge in [0.15, 0.2) is 0 Å². The summed E-state index contributed by atoms with van der Waals surface area (Å²) in [6, 6.07) is 10.5. The van der Waals surface area contributed by atoms with Gasteiger partial charge in [-0.25, -0.2) is 13.1 Å². The zero-order valence-electron chi connectivity index (χ0n) is 28.9. The van der Waals surface area contributed by atoms with Crippen molar-refractivity contribution in [3.05, 3.63) is 36.4 Å². The fourth-order valence-corrected chi connectivity index (χ4v) is 12.1. The molecule has 0 aliphatic heterocycles. The Morgan fingerprint density at radius 1 is 0.957 bits per heavy atom. The maximum Gasteiger partial charge on any atom is 0.264 e. The molecule has 4 aliphatic rings. The summed E-state index contributed by atoms with van der Waals surface area (Å²) in [4.78, 5) is 27.4. The molecule has 8 nitrogen and oxygen atoms in total.